The minimum absolute atomic E-state index is 0.486. The third-order valence-corrected chi connectivity index (χ3v) is 7.26. The van der Waals surface area contributed by atoms with Gasteiger partial charge in [0.2, 0.25) is 0 Å². The number of rotatable bonds is 7. The molecule has 0 saturated carbocycles. The first-order chi connectivity index (χ1) is 14.1. The molecule has 2 aliphatic rings. The Labute approximate surface area is 176 Å². The lowest BCUT2D eigenvalue weighted by Crippen LogP contribution is -2.33. The van der Waals surface area contributed by atoms with Gasteiger partial charge in [-0.05, 0) is 70.4 Å². The average Bonchev–Trinajstić information content (AvgIpc) is 2.75. The summed E-state index contributed by atoms with van der Waals surface area (Å²) in [5.74, 6) is 0. The normalized spacial score (nSPS) is 16.1. The van der Waals surface area contributed by atoms with Crippen molar-refractivity contribution in [3.05, 3.63) is 62.3 Å². The Balaban J connectivity index is 1.88. The Bertz CT molecular complexity index is 1080. The molecular formula is C28H37N. The molecular weight excluding hydrogens is 350 g/mol. The van der Waals surface area contributed by atoms with Crippen LogP contribution in [0.2, 0.25) is 0 Å². The minimum Gasteiger partial charge on any atom is -0.377 e. The highest BCUT2D eigenvalue weighted by Gasteiger charge is 2.32. The zero-order valence-corrected chi connectivity index (χ0v) is 18.9. The van der Waals surface area contributed by atoms with Crippen molar-refractivity contribution in [2.75, 3.05) is 19.0 Å². The van der Waals surface area contributed by atoms with Gasteiger partial charge in [0.25, 0.3) is 0 Å². The van der Waals surface area contributed by atoms with Gasteiger partial charge in [-0.2, -0.15) is 0 Å². The van der Waals surface area contributed by atoms with Crippen LogP contribution in [0.4, 0.5) is 5.69 Å². The second-order valence-electron chi connectivity index (χ2n) is 9.49. The summed E-state index contributed by atoms with van der Waals surface area (Å²) in [6.07, 6.45) is 16.8. The molecule has 0 atom stereocenters. The van der Waals surface area contributed by atoms with E-state index in [1.165, 1.54) is 77.9 Å². The number of anilines is 1. The van der Waals surface area contributed by atoms with E-state index in [-0.39, 0.29) is 0 Å². The highest BCUT2D eigenvalue weighted by molar-refractivity contribution is 5.56. The van der Waals surface area contributed by atoms with Crippen molar-refractivity contribution in [1.82, 2.24) is 0 Å². The van der Waals surface area contributed by atoms with Crippen molar-refractivity contribution in [3.8, 4) is 0 Å². The molecule has 1 nitrogen and oxygen atoms in total. The molecule has 4 rings (SSSR count). The number of hydrogen-bond donors (Lipinski definition) is 0. The van der Waals surface area contributed by atoms with Gasteiger partial charge in [0.15, 0.2) is 0 Å². The fourth-order valence-corrected chi connectivity index (χ4v) is 5.58. The second-order valence-corrected chi connectivity index (χ2v) is 9.49. The third kappa shape index (κ3) is 3.77. The molecule has 2 aromatic rings. The summed E-state index contributed by atoms with van der Waals surface area (Å²) in [6, 6.07) is 11.6. The highest BCUT2D eigenvalue weighted by atomic mass is 15.1. The van der Waals surface area contributed by atoms with Gasteiger partial charge in [-0.3, -0.25) is 0 Å². The summed E-state index contributed by atoms with van der Waals surface area (Å²) in [4.78, 5) is 2.24. The van der Waals surface area contributed by atoms with Crippen molar-refractivity contribution >= 4 is 17.8 Å². The first kappa shape index (κ1) is 20.3. The van der Waals surface area contributed by atoms with E-state index in [0.29, 0.717) is 5.41 Å². The van der Waals surface area contributed by atoms with Crippen LogP contribution in [-0.2, 0) is 12.8 Å². The predicted molar refractivity (Wildman–Crippen MR) is 127 cm³/mol. The largest absolute Gasteiger partial charge is 0.377 e. The van der Waals surface area contributed by atoms with E-state index in [1.807, 2.05) is 0 Å². The van der Waals surface area contributed by atoms with Gasteiger partial charge in [-0.25, -0.2) is 0 Å². The van der Waals surface area contributed by atoms with Crippen molar-refractivity contribution in [1.29, 1.82) is 0 Å². The molecule has 2 aromatic carbocycles. The molecule has 0 N–H and O–H groups in total. The summed E-state index contributed by atoms with van der Waals surface area (Å²) in [5, 5.41) is 5.81. The Kier molecular flexibility index (Phi) is 5.86. The maximum absolute atomic E-state index is 2.57. The van der Waals surface area contributed by atoms with Gasteiger partial charge in [-0.15, -0.1) is 0 Å². The van der Waals surface area contributed by atoms with Crippen molar-refractivity contribution in [2.24, 2.45) is 5.41 Å². The fourth-order valence-electron chi connectivity index (χ4n) is 5.58. The smallest absolute Gasteiger partial charge is 0.0437 e. The molecule has 0 aromatic heterocycles. The molecule has 29 heavy (non-hydrogen) atoms. The van der Waals surface area contributed by atoms with E-state index < -0.39 is 0 Å². The summed E-state index contributed by atoms with van der Waals surface area (Å²) < 4.78 is 0. The van der Waals surface area contributed by atoms with Gasteiger partial charge >= 0.3 is 0 Å². The Morgan fingerprint density at radius 2 is 1.62 bits per heavy atom. The van der Waals surface area contributed by atoms with Gasteiger partial charge in [0.1, 0.15) is 0 Å². The summed E-state index contributed by atoms with van der Waals surface area (Å²) in [5.41, 5.74) is 5.06. The van der Waals surface area contributed by atoms with Gasteiger partial charge in [-0.1, -0.05) is 75.9 Å². The predicted octanol–water partition coefficient (Wildman–Crippen LogP) is 5.47. The molecule has 0 heterocycles. The van der Waals surface area contributed by atoms with Crippen molar-refractivity contribution in [3.63, 3.8) is 0 Å². The Morgan fingerprint density at radius 3 is 2.31 bits per heavy atom. The molecule has 1 heteroatoms. The lowest BCUT2D eigenvalue weighted by molar-refractivity contribution is 0.227. The molecule has 0 spiro atoms. The number of unbranched alkanes of at least 4 members (excludes halogenated alkanes) is 2. The number of nitrogens with zero attached hydrogens (tertiary/aromatic N) is 1. The van der Waals surface area contributed by atoms with E-state index in [0.717, 1.165) is 6.42 Å². The van der Waals surface area contributed by atoms with Crippen LogP contribution >= 0.6 is 0 Å². The quantitative estimate of drug-likeness (QED) is 0.609. The SMILES string of the molecule is CCCCC1(CCCC)CC=c2ccc3c(c2C1)CC=c1c(N(C)C)cccc1=3. The monoisotopic (exact) mass is 387 g/mol. The van der Waals surface area contributed by atoms with Crippen molar-refractivity contribution < 1.29 is 0 Å². The van der Waals surface area contributed by atoms with Crippen LogP contribution in [0.3, 0.4) is 0 Å². The van der Waals surface area contributed by atoms with E-state index in [1.54, 1.807) is 11.1 Å². The van der Waals surface area contributed by atoms with Gasteiger partial charge < -0.3 is 4.90 Å². The number of hydrogen-bond acceptors (Lipinski definition) is 1. The third-order valence-electron chi connectivity index (χ3n) is 7.26. The standard InChI is InChI=1S/C28H37N/c1-5-7-17-28(18-8-6-2)19-16-21-12-13-23-22-10-9-11-27(29(3)4)25(22)15-14-24(23)26(21)20-28/h9-13,15-16H,5-8,14,17-20H2,1-4H3. The van der Waals surface area contributed by atoms with Crippen LogP contribution in [0.15, 0.2) is 30.3 Å². The lowest BCUT2D eigenvalue weighted by Gasteiger charge is -2.37. The average molecular weight is 388 g/mol. The van der Waals surface area contributed by atoms with E-state index in [2.05, 4.69) is 75.3 Å². The molecule has 0 aliphatic heterocycles. The topological polar surface area (TPSA) is 3.24 Å². The van der Waals surface area contributed by atoms with E-state index in [9.17, 15) is 0 Å². The van der Waals surface area contributed by atoms with E-state index >= 15 is 0 Å². The first-order valence-electron chi connectivity index (χ1n) is 11.7. The van der Waals surface area contributed by atoms with Gasteiger partial charge in [0.05, 0.1) is 0 Å². The Morgan fingerprint density at radius 1 is 0.862 bits per heavy atom. The summed E-state index contributed by atoms with van der Waals surface area (Å²) in [6.45, 7) is 4.67. The molecule has 0 fully saturated rings. The number of fused-ring (bicyclic) bond motifs is 4. The second kappa shape index (κ2) is 8.38. The van der Waals surface area contributed by atoms with Crippen LogP contribution in [0.25, 0.3) is 12.2 Å². The van der Waals surface area contributed by atoms with E-state index in [4.69, 9.17) is 0 Å². The molecule has 154 valence electrons. The molecule has 0 amide bonds. The molecule has 0 bridgehead atoms. The zero-order valence-electron chi connectivity index (χ0n) is 18.9. The molecule has 0 radical (unpaired) electrons. The maximum atomic E-state index is 2.57. The fraction of sp³-hybridized carbons (Fsp3) is 0.500. The maximum Gasteiger partial charge on any atom is 0.0437 e. The molecule has 0 unspecified atom stereocenters. The highest BCUT2D eigenvalue weighted by Crippen LogP contribution is 2.41. The van der Waals surface area contributed by atoms with Crippen LogP contribution in [0.5, 0.6) is 0 Å². The van der Waals surface area contributed by atoms with Gasteiger partial charge in [0, 0.05) is 25.0 Å². The number of benzene rings is 2. The first-order valence-corrected chi connectivity index (χ1v) is 11.7. The van der Waals surface area contributed by atoms with Crippen LogP contribution in [-0.4, -0.2) is 14.1 Å². The Hall–Kier alpha value is -2.02. The van der Waals surface area contributed by atoms with Crippen LogP contribution in [0, 0.1) is 15.9 Å². The zero-order chi connectivity index (χ0) is 20.4. The van der Waals surface area contributed by atoms with Crippen LogP contribution in [0.1, 0.15) is 69.9 Å². The summed E-state index contributed by atoms with van der Waals surface area (Å²) >= 11 is 0. The minimum atomic E-state index is 0.486. The molecule has 0 saturated heterocycles. The van der Waals surface area contributed by atoms with Crippen molar-refractivity contribution in [2.45, 2.75) is 71.6 Å². The molecule has 2 aliphatic carbocycles. The van der Waals surface area contributed by atoms with Crippen LogP contribution < -0.4 is 15.3 Å². The summed E-state index contributed by atoms with van der Waals surface area (Å²) in [7, 11) is 4.30. The lowest BCUT2D eigenvalue weighted by atomic mass is 9.67.